The van der Waals surface area contributed by atoms with Crippen molar-refractivity contribution in [3.05, 3.63) is 93.8 Å². The number of thiophene rings is 1. The third-order valence-corrected chi connectivity index (χ3v) is 4.83. The van der Waals surface area contributed by atoms with Crippen molar-refractivity contribution in [2.45, 2.75) is 6.92 Å². The van der Waals surface area contributed by atoms with E-state index in [-0.39, 0.29) is 5.91 Å². The summed E-state index contributed by atoms with van der Waals surface area (Å²) in [7, 11) is 0. The Kier molecular flexibility index (Phi) is 4.04. The highest BCUT2D eigenvalue weighted by Gasteiger charge is 2.32. The van der Waals surface area contributed by atoms with Gasteiger partial charge in [-0.25, -0.2) is 4.99 Å². The second kappa shape index (κ2) is 6.49. The van der Waals surface area contributed by atoms with Crippen LogP contribution in [0, 0.1) is 6.92 Å². The summed E-state index contributed by atoms with van der Waals surface area (Å²) in [4.78, 5) is 20.4. The minimum Gasteiger partial charge on any atom is -0.266 e. The smallest absolute Gasteiger partial charge is 0.266 e. The third-order valence-electron chi connectivity index (χ3n) is 4.01. The second-order valence-corrected chi connectivity index (χ2v) is 6.80. The molecule has 0 bridgehead atoms. The molecule has 1 aliphatic rings. The number of rotatable bonds is 3. The third kappa shape index (κ3) is 3.04. The molecule has 0 aliphatic carbocycles. The molecule has 0 atom stereocenters. The second-order valence-electron chi connectivity index (χ2n) is 5.82. The fraction of sp³-hybridized carbons (Fsp3) is 0.0476. The van der Waals surface area contributed by atoms with Crippen LogP contribution in [0.5, 0.6) is 0 Å². The lowest BCUT2D eigenvalue weighted by molar-refractivity contribution is -0.113. The van der Waals surface area contributed by atoms with Gasteiger partial charge in [0.1, 0.15) is 11.5 Å². The maximum absolute atomic E-state index is 13.0. The van der Waals surface area contributed by atoms with Gasteiger partial charge in [0.2, 0.25) is 0 Å². The minimum atomic E-state index is -0.101. The van der Waals surface area contributed by atoms with Gasteiger partial charge in [0.15, 0.2) is 0 Å². The Hall–Kier alpha value is -2.98. The lowest BCUT2D eigenvalue weighted by Gasteiger charge is -2.18. The number of aliphatic imine (C=N–C) groups is 1. The van der Waals surface area contributed by atoms with Crippen LogP contribution in [0.3, 0.4) is 0 Å². The number of aryl methyl sites for hydroxylation is 1. The molecule has 122 valence electrons. The molecule has 0 N–H and O–H groups in total. The van der Waals surface area contributed by atoms with E-state index in [1.165, 1.54) is 0 Å². The highest BCUT2D eigenvalue weighted by atomic mass is 32.1. The van der Waals surface area contributed by atoms with Crippen LogP contribution in [-0.4, -0.2) is 11.7 Å². The van der Waals surface area contributed by atoms with Gasteiger partial charge in [-0.15, -0.1) is 11.3 Å². The van der Waals surface area contributed by atoms with Gasteiger partial charge in [-0.05, 0) is 36.6 Å². The first-order chi connectivity index (χ1) is 12.2. The summed E-state index contributed by atoms with van der Waals surface area (Å²) < 4.78 is 0. The summed E-state index contributed by atoms with van der Waals surface area (Å²) in [5.74, 6) is 0.563. The number of benzene rings is 2. The Morgan fingerprint density at radius 3 is 2.40 bits per heavy atom. The van der Waals surface area contributed by atoms with Crippen LogP contribution in [0.4, 0.5) is 5.69 Å². The van der Waals surface area contributed by atoms with E-state index in [2.05, 4.69) is 4.99 Å². The summed E-state index contributed by atoms with van der Waals surface area (Å²) in [6.07, 6.45) is 1.85. The van der Waals surface area contributed by atoms with Crippen molar-refractivity contribution in [3.63, 3.8) is 0 Å². The van der Waals surface area contributed by atoms with Crippen molar-refractivity contribution in [3.8, 4) is 0 Å². The van der Waals surface area contributed by atoms with E-state index in [0.717, 1.165) is 21.7 Å². The van der Waals surface area contributed by atoms with Gasteiger partial charge in [-0.2, -0.15) is 0 Å². The first-order valence-corrected chi connectivity index (χ1v) is 8.91. The van der Waals surface area contributed by atoms with E-state index in [9.17, 15) is 4.79 Å². The van der Waals surface area contributed by atoms with Crippen molar-refractivity contribution in [1.29, 1.82) is 0 Å². The topological polar surface area (TPSA) is 32.7 Å². The first kappa shape index (κ1) is 15.5. The number of hydrogen-bond donors (Lipinski definition) is 0. The fourth-order valence-electron chi connectivity index (χ4n) is 2.74. The molecule has 0 unspecified atom stereocenters. The number of amidine groups is 1. The zero-order valence-corrected chi connectivity index (χ0v) is 14.5. The van der Waals surface area contributed by atoms with Gasteiger partial charge in [-0.3, -0.25) is 9.69 Å². The molecule has 0 radical (unpaired) electrons. The maximum atomic E-state index is 13.0. The predicted molar refractivity (Wildman–Crippen MR) is 104 cm³/mol. The van der Waals surface area contributed by atoms with Crippen LogP contribution >= 0.6 is 11.3 Å². The number of hydrogen-bond acceptors (Lipinski definition) is 3. The Bertz CT molecular complexity index is 955. The quantitative estimate of drug-likeness (QED) is 0.623. The average molecular weight is 344 g/mol. The molecule has 1 amide bonds. The number of carbonyl (C=O) groups is 1. The Morgan fingerprint density at radius 2 is 1.72 bits per heavy atom. The molecule has 2 aromatic carbocycles. The number of amides is 1. The maximum Gasteiger partial charge on any atom is 0.282 e. The predicted octanol–water partition coefficient (Wildman–Crippen LogP) is 4.89. The van der Waals surface area contributed by atoms with Gasteiger partial charge in [-0.1, -0.05) is 54.1 Å². The lowest BCUT2D eigenvalue weighted by atomic mass is 10.1. The van der Waals surface area contributed by atoms with Crippen LogP contribution in [0.1, 0.15) is 16.0 Å². The first-order valence-electron chi connectivity index (χ1n) is 8.03. The SMILES string of the molecule is Cc1ccc(N2C(=O)/C(=C/c3cccs3)N=C2c2ccccc2)cc1. The van der Waals surface area contributed by atoms with Crippen molar-refractivity contribution in [1.82, 2.24) is 0 Å². The van der Waals surface area contributed by atoms with Crippen LogP contribution < -0.4 is 4.90 Å². The fourth-order valence-corrected chi connectivity index (χ4v) is 3.39. The molecule has 1 aromatic heterocycles. The Labute approximate surface area is 150 Å². The van der Waals surface area contributed by atoms with E-state index < -0.39 is 0 Å². The number of nitrogens with zero attached hydrogens (tertiary/aromatic N) is 2. The standard InChI is InChI=1S/C21H16N2OS/c1-15-9-11-17(12-10-15)23-20(16-6-3-2-4-7-16)22-19(21(23)24)14-18-8-5-13-25-18/h2-14H,1H3/b19-14-. The average Bonchev–Trinajstić information content (AvgIpc) is 3.26. The van der Waals surface area contributed by atoms with Crippen molar-refractivity contribution in [2.75, 3.05) is 4.90 Å². The van der Waals surface area contributed by atoms with Crippen LogP contribution in [0.15, 0.2) is 82.8 Å². The van der Waals surface area contributed by atoms with Gasteiger partial charge in [0.25, 0.3) is 5.91 Å². The largest absolute Gasteiger partial charge is 0.282 e. The molecule has 3 aromatic rings. The van der Waals surface area contributed by atoms with E-state index in [1.807, 2.05) is 85.1 Å². The van der Waals surface area contributed by atoms with Gasteiger partial charge < -0.3 is 0 Å². The molecule has 0 saturated heterocycles. The minimum absolute atomic E-state index is 0.101. The summed E-state index contributed by atoms with van der Waals surface area (Å²) in [6, 6.07) is 21.7. The monoisotopic (exact) mass is 344 g/mol. The van der Waals surface area contributed by atoms with E-state index in [4.69, 9.17) is 0 Å². The number of anilines is 1. The van der Waals surface area contributed by atoms with Crippen molar-refractivity contribution >= 4 is 34.8 Å². The van der Waals surface area contributed by atoms with E-state index in [0.29, 0.717) is 11.5 Å². The highest BCUT2D eigenvalue weighted by Crippen LogP contribution is 2.28. The molecule has 4 rings (SSSR count). The van der Waals surface area contributed by atoms with Crippen LogP contribution in [0.25, 0.3) is 6.08 Å². The molecule has 3 nitrogen and oxygen atoms in total. The van der Waals surface area contributed by atoms with Crippen LogP contribution in [-0.2, 0) is 4.79 Å². The Balaban J connectivity index is 1.82. The molecule has 25 heavy (non-hydrogen) atoms. The zero-order valence-electron chi connectivity index (χ0n) is 13.7. The molecule has 1 aliphatic heterocycles. The van der Waals surface area contributed by atoms with Gasteiger partial charge >= 0.3 is 0 Å². The van der Waals surface area contributed by atoms with Crippen molar-refractivity contribution in [2.24, 2.45) is 4.99 Å². The molecule has 2 heterocycles. The normalized spacial score (nSPS) is 15.7. The summed E-state index contributed by atoms with van der Waals surface area (Å²) in [5, 5.41) is 1.99. The Morgan fingerprint density at radius 1 is 0.960 bits per heavy atom. The molecule has 0 saturated carbocycles. The molecular weight excluding hydrogens is 328 g/mol. The zero-order chi connectivity index (χ0) is 17.2. The van der Waals surface area contributed by atoms with Crippen LogP contribution in [0.2, 0.25) is 0 Å². The molecule has 0 fully saturated rings. The van der Waals surface area contributed by atoms with E-state index >= 15 is 0 Å². The van der Waals surface area contributed by atoms with Gasteiger partial charge in [0.05, 0.1) is 5.69 Å². The van der Waals surface area contributed by atoms with E-state index in [1.54, 1.807) is 16.2 Å². The molecule has 4 heteroatoms. The molecule has 0 spiro atoms. The number of carbonyl (C=O) groups excluding carboxylic acids is 1. The summed E-state index contributed by atoms with van der Waals surface area (Å²) in [6.45, 7) is 2.03. The summed E-state index contributed by atoms with van der Waals surface area (Å²) >= 11 is 1.59. The van der Waals surface area contributed by atoms with Gasteiger partial charge in [0, 0.05) is 10.4 Å². The highest BCUT2D eigenvalue weighted by molar-refractivity contribution is 7.10. The summed E-state index contributed by atoms with van der Waals surface area (Å²) in [5.41, 5.74) is 3.36. The van der Waals surface area contributed by atoms with Crippen molar-refractivity contribution < 1.29 is 4.79 Å². The lowest BCUT2D eigenvalue weighted by Crippen LogP contribution is -2.32. The molecular formula is C21H16N2OS.